The molecule has 2 aliphatic rings. The van der Waals surface area contributed by atoms with E-state index in [1.54, 1.807) is 29.2 Å². The summed E-state index contributed by atoms with van der Waals surface area (Å²) in [4.78, 5) is 38.8. The minimum Gasteiger partial charge on any atom is -0.347 e. The van der Waals surface area contributed by atoms with Crippen LogP contribution in [-0.2, 0) is 9.59 Å². The lowest BCUT2D eigenvalue weighted by atomic mass is 9.97. The Labute approximate surface area is 135 Å². The molecule has 0 radical (unpaired) electrons. The first kappa shape index (κ1) is 15.5. The second-order valence-corrected chi connectivity index (χ2v) is 6.44. The molecule has 122 valence electrons. The number of hydrogen-bond acceptors (Lipinski definition) is 3. The monoisotopic (exact) mass is 315 g/mol. The lowest BCUT2D eigenvalue weighted by Gasteiger charge is -2.37. The Morgan fingerprint density at radius 2 is 1.96 bits per heavy atom. The number of rotatable bonds is 3. The summed E-state index contributed by atoms with van der Waals surface area (Å²) in [5.41, 5.74) is 0.550. The third-order valence-corrected chi connectivity index (χ3v) is 4.53. The normalized spacial score (nSPS) is 26.9. The molecule has 2 saturated heterocycles. The second-order valence-electron chi connectivity index (χ2n) is 6.44. The van der Waals surface area contributed by atoms with Crippen molar-refractivity contribution in [1.29, 1.82) is 0 Å². The molecule has 2 N–H and O–H groups in total. The number of benzene rings is 1. The van der Waals surface area contributed by atoms with E-state index in [9.17, 15) is 14.4 Å². The van der Waals surface area contributed by atoms with Gasteiger partial charge in [0, 0.05) is 12.1 Å². The Hall–Kier alpha value is -2.37. The fourth-order valence-electron chi connectivity index (χ4n) is 3.29. The van der Waals surface area contributed by atoms with Crippen molar-refractivity contribution < 1.29 is 14.4 Å². The maximum Gasteiger partial charge on any atom is 0.251 e. The standard InChI is InChI=1S/C17H21N3O3/c1-10(2)13-17(23)20-9-8-12(14(20)16(22)19-13)18-15(21)11-6-4-3-5-7-11/h3-7,10,12-14H,8-9H2,1-2H3,(H,18,21)(H,19,22)/t12-,13+,14-/m0/s1. The highest BCUT2D eigenvalue weighted by Gasteiger charge is 2.49. The molecule has 0 aliphatic carbocycles. The van der Waals surface area contributed by atoms with E-state index in [1.165, 1.54) is 0 Å². The van der Waals surface area contributed by atoms with E-state index in [2.05, 4.69) is 10.6 Å². The van der Waals surface area contributed by atoms with Gasteiger partial charge >= 0.3 is 0 Å². The van der Waals surface area contributed by atoms with Gasteiger partial charge in [-0.25, -0.2) is 0 Å². The number of nitrogens with one attached hydrogen (secondary N) is 2. The molecule has 2 aliphatic heterocycles. The number of carbonyl (C=O) groups is 3. The molecule has 0 bridgehead atoms. The summed E-state index contributed by atoms with van der Waals surface area (Å²) in [7, 11) is 0. The molecule has 2 heterocycles. The van der Waals surface area contributed by atoms with Crippen molar-refractivity contribution in [2.45, 2.75) is 38.4 Å². The van der Waals surface area contributed by atoms with Gasteiger partial charge in [0.1, 0.15) is 12.1 Å². The third-order valence-electron chi connectivity index (χ3n) is 4.53. The molecule has 1 aromatic rings. The number of piperazine rings is 1. The van der Waals surface area contributed by atoms with Crippen molar-refractivity contribution in [3.63, 3.8) is 0 Å². The minimum absolute atomic E-state index is 0.0466. The van der Waals surface area contributed by atoms with Crippen LogP contribution in [0.2, 0.25) is 0 Å². The molecular formula is C17H21N3O3. The van der Waals surface area contributed by atoms with Gasteiger partial charge in [-0.3, -0.25) is 14.4 Å². The molecule has 0 spiro atoms. The first-order valence-electron chi connectivity index (χ1n) is 7.96. The molecule has 0 aromatic heterocycles. The molecule has 6 nitrogen and oxygen atoms in total. The number of nitrogens with zero attached hydrogens (tertiary/aromatic N) is 1. The largest absolute Gasteiger partial charge is 0.347 e. The van der Waals surface area contributed by atoms with Crippen LogP contribution in [0.25, 0.3) is 0 Å². The zero-order chi connectivity index (χ0) is 16.6. The molecule has 0 unspecified atom stereocenters. The lowest BCUT2D eigenvalue weighted by molar-refractivity contribution is -0.148. The molecule has 3 rings (SSSR count). The van der Waals surface area contributed by atoms with Gasteiger partial charge in [-0.05, 0) is 24.5 Å². The highest BCUT2D eigenvalue weighted by atomic mass is 16.2. The van der Waals surface area contributed by atoms with Crippen molar-refractivity contribution in [3.8, 4) is 0 Å². The number of amides is 3. The Bertz CT molecular complexity index is 629. The van der Waals surface area contributed by atoms with E-state index in [-0.39, 0.29) is 29.7 Å². The smallest absolute Gasteiger partial charge is 0.251 e. The van der Waals surface area contributed by atoms with Crippen molar-refractivity contribution in [2.24, 2.45) is 5.92 Å². The van der Waals surface area contributed by atoms with E-state index in [0.717, 1.165) is 0 Å². The number of hydrogen-bond donors (Lipinski definition) is 2. The third kappa shape index (κ3) is 2.81. The Morgan fingerprint density at radius 3 is 2.61 bits per heavy atom. The zero-order valence-electron chi connectivity index (χ0n) is 13.3. The maximum absolute atomic E-state index is 12.5. The summed E-state index contributed by atoms with van der Waals surface area (Å²) in [5.74, 6) is -0.408. The molecule has 1 aromatic carbocycles. The van der Waals surface area contributed by atoms with Crippen LogP contribution in [0.3, 0.4) is 0 Å². The highest BCUT2D eigenvalue weighted by Crippen LogP contribution is 2.25. The average molecular weight is 315 g/mol. The van der Waals surface area contributed by atoms with Crippen LogP contribution < -0.4 is 10.6 Å². The molecule has 3 amide bonds. The zero-order valence-corrected chi connectivity index (χ0v) is 13.3. The Morgan fingerprint density at radius 1 is 1.26 bits per heavy atom. The summed E-state index contributed by atoms with van der Waals surface area (Å²) in [6.45, 7) is 4.32. The van der Waals surface area contributed by atoms with Crippen molar-refractivity contribution in [1.82, 2.24) is 15.5 Å². The average Bonchev–Trinajstić information content (AvgIpc) is 2.96. The predicted molar refractivity (Wildman–Crippen MR) is 84.6 cm³/mol. The second kappa shape index (κ2) is 6.02. The van der Waals surface area contributed by atoms with Crippen LogP contribution in [-0.4, -0.2) is 47.3 Å². The SMILES string of the molecule is CC(C)[C@H]1NC(=O)[C@@H]2[C@@H](NC(=O)c3ccccc3)CCN2C1=O. The topological polar surface area (TPSA) is 78.5 Å². The molecule has 0 saturated carbocycles. The van der Waals surface area contributed by atoms with Gasteiger partial charge in [0.2, 0.25) is 11.8 Å². The first-order chi connectivity index (χ1) is 11.0. The van der Waals surface area contributed by atoms with Crippen molar-refractivity contribution >= 4 is 17.7 Å². The molecule has 2 fully saturated rings. The van der Waals surface area contributed by atoms with Crippen molar-refractivity contribution in [3.05, 3.63) is 35.9 Å². The van der Waals surface area contributed by atoms with Crippen molar-refractivity contribution in [2.75, 3.05) is 6.54 Å². The summed E-state index contributed by atoms with van der Waals surface area (Å²) in [6, 6.07) is 7.45. The van der Waals surface area contributed by atoms with Crippen LogP contribution in [0.4, 0.5) is 0 Å². The summed E-state index contributed by atoms with van der Waals surface area (Å²) in [5, 5.41) is 5.69. The van der Waals surface area contributed by atoms with Crippen LogP contribution in [0.1, 0.15) is 30.6 Å². The molecule has 23 heavy (non-hydrogen) atoms. The maximum atomic E-state index is 12.5. The summed E-state index contributed by atoms with van der Waals surface area (Å²) >= 11 is 0. The lowest BCUT2D eigenvalue weighted by Crippen LogP contribution is -2.66. The van der Waals surface area contributed by atoms with E-state index in [4.69, 9.17) is 0 Å². The quantitative estimate of drug-likeness (QED) is 0.854. The highest BCUT2D eigenvalue weighted by molar-refractivity contribution is 5.99. The minimum atomic E-state index is -0.606. The van der Waals surface area contributed by atoms with Gasteiger partial charge in [-0.1, -0.05) is 32.0 Å². The molecule has 3 atom stereocenters. The van der Waals surface area contributed by atoms with Gasteiger partial charge in [0.15, 0.2) is 0 Å². The first-order valence-corrected chi connectivity index (χ1v) is 7.96. The van der Waals surface area contributed by atoms with Gasteiger partial charge in [-0.15, -0.1) is 0 Å². The Kier molecular flexibility index (Phi) is 4.07. The van der Waals surface area contributed by atoms with Crippen LogP contribution in [0, 0.1) is 5.92 Å². The van der Waals surface area contributed by atoms with Crippen LogP contribution in [0.15, 0.2) is 30.3 Å². The van der Waals surface area contributed by atoms with Gasteiger partial charge < -0.3 is 15.5 Å². The number of fused-ring (bicyclic) bond motifs is 1. The fourth-order valence-corrected chi connectivity index (χ4v) is 3.29. The summed E-state index contributed by atoms with van der Waals surface area (Å²) < 4.78 is 0. The predicted octanol–water partition coefficient (Wildman–Crippen LogP) is 0.540. The van der Waals surface area contributed by atoms with Crippen LogP contribution >= 0.6 is 0 Å². The number of carbonyl (C=O) groups excluding carboxylic acids is 3. The van der Waals surface area contributed by atoms with Gasteiger partial charge in [0.25, 0.3) is 5.91 Å². The fraction of sp³-hybridized carbons (Fsp3) is 0.471. The Balaban J connectivity index is 1.74. The van der Waals surface area contributed by atoms with E-state index < -0.39 is 12.1 Å². The summed E-state index contributed by atoms with van der Waals surface area (Å²) in [6.07, 6.45) is 0.590. The van der Waals surface area contributed by atoms with E-state index in [1.807, 2.05) is 19.9 Å². The van der Waals surface area contributed by atoms with Gasteiger partial charge in [-0.2, -0.15) is 0 Å². The van der Waals surface area contributed by atoms with E-state index in [0.29, 0.717) is 18.5 Å². The van der Waals surface area contributed by atoms with E-state index >= 15 is 0 Å². The molecular weight excluding hydrogens is 294 g/mol. The van der Waals surface area contributed by atoms with Gasteiger partial charge in [0.05, 0.1) is 6.04 Å². The van der Waals surface area contributed by atoms with Crippen LogP contribution in [0.5, 0.6) is 0 Å². The molecule has 6 heteroatoms.